The summed E-state index contributed by atoms with van der Waals surface area (Å²) in [5.41, 5.74) is -0.338. The molecule has 0 saturated heterocycles. The molecule has 0 aliphatic heterocycles. The summed E-state index contributed by atoms with van der Waals surface area (Å²) in [6.07, 6.45) is -1.10. The van der Waals surface area contributed by atoms with Crippen molar-refractivity contribution in [2.75, 3.05) is 25.1 Å². The molecular formula is C24H28Cl2F3NO4. The first-order valence-electron chi connectivity index (χ1n) is 11.0. The van der Waals surface area contributed by atoms with Crippen LogP contribution in [0.5, 0.6) is 11.5 Å². The van der Waals surface area contributed by atoms with E-state index < -0.39 is 23.8 Å². The van der Waals surface area contributed by atoms with Crippen LogP contribution in [0.25, 0.3) is 0 Å². The Morgan fingerprint density at radius 2 is 1.79 bits per heavy atom. The monoisotopic (exact) mass is 521 g/mol. The highest BCUT2D eigenvalue weighted by molar-refractivity contribution is 6.33. The Morgan fingerprint density at radius 1 is 1.03 bits per heavy atom. The lowest BCUT2D eigenvalue weighted by Gasteiger charge is -2.15. The second kappa shape index (κ2) is 13.7. The highest BCUT2D eigenvalue weighted by atomic mass is 35.5. The molecule has 0 radical (unpaired) electrons. The quantitative estimate of drug-likeness (QED) is 0.215. The van der Waals surface area contributed by atoms with Gasteiger partial charge in [-0.3, -0.25) is 0 Å². The number of benzene rings is 2. The number of ether oxygens (including phenoxy) is 3. The molecule has 1 N–H and O–H groups in total. The predicted octanol–water partition coefficient (Wildman–Crippen LogP) is 7.75. The van der Waals surface area contributed by atoms with E-state index in [4.69, 9.17) is 37.4 Å². The van der Waals surface area contributed by atoms with Crippen LogP contribution in [-0.2, 0) is 20.4 Å². The summed E-state index contributed by atoms with van der Waals surface area (Å²) in [4.78, 5) is 11.9. The first-order chi connectivity index (χ1) is 16.1. The predicted molar refractivity (Wildman–Crippen MR) is 127 cm³/mol. The number of hydrogen-bond acceptors (Lipinski definition) is 5. The molecule has 2 aromatic carbocycles. The maximum atomic E-state index is 12.8. The second-order valence-corrected chi connectivity index (χ2v) is 8.37. The van der Waals surface area contributed by atoms with E-state index in [0.29, 0.717) is 29.6 Å². The first kappa shape index (κ1) is 28.1. The average molecular weight is 522 g/mol. The lowest BCUT2D eigenvalue weighted by molar-refractivity contribution is -0.155. The Labute approximate surface area is 207 Å². The Balaban J connectivity index is 1.84. The van der Waals surface area contributed by atoms with Gasteiger partial charge in [0, 0.05) is 12.6 Å². The molecule has 34 heavy (non-hydrogen) atoms. The van der Waals surface area contributed by atoms with E-state index in [9.17, 15) is 18.0 Å². The molecule has 0 aromatic heterocycles. The van der Waals surface area contributed by atoms with E-state index in [1.54, 1.807) is 25.1 Å². The van der Waals surface area contributed by atoms with Gasteiger partial charge in [0.25, 0.3) is 0 Å². The third-order valence-corrected chi connectivity index (χ3v) is 5.41. The van der Waals surface area contributed by atoms with Gasteiger partial charge in [0.2, 0.25) is 0 Å². The zero-order valence-corrected chi connectivity index (χ0v) is 20.5. The molecular weight excluding hydrogens is 494 g/mol. The fourth-order valence-corrected chi connectivity index (χ4v) is 3.30. The van der Waals surface area contributed by atoms with Gasteiger partial charge in [0.1, 0.15) is 11.5 Å². The fraction of sp³-hybridized carbons (Fsp3) is 0.458. The van der Waals surface area contributed by atoms with Crippen LogP contribution in [0, 0.1) is 0 Å². The molecule has 0 aliphatic carbocycles. The van der Waals surface area contributed by atoms with Crippen molar-refractivity contribution in [2.45, 2.75) is 51.8 Å². The molecule has 1 unspecified atom stereocenters. The summed E-state index contributed by atoms with van der Waals surface area (Å²) >= 11 is 12.1. The number of rotatable bonds is 13. The Hall–Kier alpha value is -2.16. The van der Waals surface area contributed by atoms with Crippen LogP contribution in [0.15, 0.2) is 36.4 Å². The van der Waals surface area contributed by atoms with Crippen LogP contribution >= 0.6 is 23.2 Å². The van der Waals surface area contributed by atoms with Gasteiger partial charge in [0.05, 0.1) is 34.5 Å². The van der Waals surface area contributed by atoms with Gasteiger partial charge in [-0.25, -0.2) is 4.79 Å². The van der Waals surface area contributed by atoms with Crippen LogP contribution in [0.2, 0.25) is 10.0 Å². The Kier molecular flexibility index (Phi) is 11.3. The van der Waals surface area contributed by atoms with Crippen LogP contribution in [0.3, 0.4) is 0 Å². The van der Waals surface area contributed by atoms with Crippen LogP contribution in [0.1, 0.15) is 45.1 Å². The van der Waals surface area contributed by atoms with E-state index >= 15 is 0 Å². The first-order valence-corrected chi connectivity index (χ1v) is 11.7. The van der Waals surface area contributed by atoms with Gasteiger partial charge in [-0.2, -0.15) is 13.2 Å². The van der Waals surface area contributed by atoms with Crippen molar-refractivity contribution in [3.8, 4) is 11.5 Å². The third-order valence-electron chi connectivity index (χ3n) is 4.78. The van der Waals surface area contributed by atoms with E-state index in [2.05, 4.69) is 12.2 Å². The second-order valence-electron chi connectivity index (χ2n) is 7.55. The zero-order valence-electron chi connectivity index (χ0n) is 19.0. The highest BCUT2D eigenvalue weighted by Crippen LogP contribution is 2.37. The summed E-state index contributed by atoms with van der Waals surface area (Å²) in [5.74, 6) is 0.00106. The largest absolute Gasteiger partial charge is 0.464 e. The van der Waals surface area contributed by atoms with Crippen LogP contribution in [-0.4, -0.2) is 31.8 Å². The topological polar surface area (TPSA) is 56.8 Å². The van der Waals surface area contributed by atoms with Gasteiger partial charge in [-0.15, -0.1) is 0 Å². The van der Waals surface area contributed by atoms with Gasteiger partial charge >= 0.3 is 12.1 Å². The molecule has 0 bridgehead atoms. The summed E-state index contributed by atoms with van der Waals surface area (Å²) in [6, 6.07) is 7.59. The van der Waals surface area contributed by atoms with Crippen molar-refractivity contribution in [1.82, 2.24) is 0 Å². The lowest BCUT2D eigenvalue weighted by atomic mass is 10.2. The molecule has 2 rings (SSSR count). The van der Waals surface area contributed by atoms with Crippen molar-refractivity contribution in [3.63, 3.8) is 0 Å². The molecule has 188 valence electrons. The number of alkyl halides is 3. The third kappa shape index (κ3) is 9.24. The van der Waals surface area contributed by atoms with Crippen molar-refractivity contribution in [1.29, 1.82) is 0 Å². The highest BCUT2D eigenvalue weighted by Gasteiger charge is 2.31. The standard InChI is InChI=1S/C24H28Cl2F3NO4/c1-3-4-5-6-12-33-23(31)16(2)32-13-11-30-21-15-18(8-9-19(21)25)34-22-10-7-17(14-20(22)26)24(27,28)29/h7-10,14-16,30H,3-6,11-13H2,1-2H3. The molecule has 0 heterocycles. The van der Waals surface area contributed by atoms with E-state index in [0.717, 1.165) is 43.9 Å². The van der Waals surface area contributed by atoms with E-state index in [-0.39, 0.29) is 17.4 Å². The normalized spacial score (nSPS) is 12.3. The van der Waals surface area contributed by atoms with Crippen molar-refractivity contribution in [2.24, 2.45) is 0 Å². The molecule has 5 nitrogen and oxygen atoms in total. The number of anilines is 1. The SMILES string of the molecule is CCCCCCOC(=O)C(C)OCCNc1cc(Oc2ccc(C(F)(F)F)cc2Cl)ccc1Cl. The minimum atomic E-state index is -4.50. The van der Waals surface area contributed by atoms with Gasteiger partial charge < -0.3 is 19.5 Å². The lowest BCUT2D eigenvalue weighted by Crippen LogP contribution is -2.26. The maximum Gasteiger partial charge on any atom is 0.416 e. The van der Waals surface area contributed by atoms with Gasteiger partial charge in [-0.05, 0) is 43.7 Å². The minimum Gasteiger partial charge on any atom is -0.464 e. The molecule has 0 saturated carbocycles. The zero-order chi connectivity index (χ0) is 25.1. The summed E-state index contributed by atoms with van der Waals surface area (Å²) < 4.78 is 54.7. The Morgan fingerprint density at radius 3 is 2.47 bits per heavy atom. The fourth-order valence-electron chi connectivity index (χ4n) is 2.90. The smallest absolute Gasteiger partial charge is 0.416 e. The molecule has 0 amide bonds. The molecule has 2 aromatic rings. The summed E-state index contributed by atoms with van der Waals surface area (Å²) in [5, 5.41) is 3.31. The number of esters is 1. The summed E-state index contributed by atoms with van der Waals surface area (Å²) in [7, 11) is 0. The number of nitrogens with one attached hydrogen (secondary N) is 1. The van der Waals surface area contributed by atoms with Crippen molar-refractivity contribution >= 4 is 34.9 Å². The van der Waals surface area contributed by atoms with Crippen molar-refractivity contribution < 1.29 is 32.2 Å². The Bertz CT molecular complexity index is 941. The van der Waals surface area contributed by atoms with Crippen LogP contribution < -0.4 is 10.1 Å². The average Bonchev–Trinajstić information content (AvgIpc) is 2.78. The number of hydrogen-bond donors (Lipinski definition) is 1. The number of halogens is 5. The van der Waals surface area contributed by atoms with E-state index in [1.807, 2.05) is 0 Å². The van der Waals surface area contributed by atoms with Crippen LogP contribution in [0.4, 0.5) is 18.9 Å². The van der Waals surface area contributed by atoms with E-state index in [1.165, 1.54) is 0 Å². The maximum absolute atomic E-state index is 12.8. The molecule has 10 heteroatoms. The molecule has 1 atom stereocenters. The van der Waals surface area contributed by atoms with Gasteiger partial charge in [-0.1, -0.05) is 49.4 Å². The molecule has 0 fully saturated rings. The minimum absolute atomic E-state index is 0.0771. The van der Waals surface area contributed by atoms with Gasteiger partial charge in [0.15, 0.2) is 6.10 Å². The van der Waals surface area contributed by atoms with Crippen molar-refractivity contribution in [3.05, 3.63) is 52.0 Å². The number of unbranched alkanes of at least 4 members (excludes halogenated alkanes) is 3. The number of carbonyl (C=O) groups excluding carboxylic acids is 1. The number of carbonyl (C=O) groups is 1. The summed E-state index contributed by atoms with van der Waals surface area (Å²) in [6.45, 7) is 4.69. The molecule has 0 spiro atoms. The molecule has 0 aliphatic rings.